The summed E-state index contributed by atoms with van der Waals surface area (Å²) in [5, 5.41) is 0. The Labute approximate surface area is 151 Å². The normalized spacial score (nSPS) is 30.4. The Bertz CT molecular complexity index is 529. The molecule has 1 aromatic heterocycles. The number of hydrogen-bond acceptors (Lipinski definition) is 1. The topological polar surface area (TPSA) is 12.9 Å². The van der Waals surface area contributed by atoms with Crippen molar-refractivity contribution in [3.8, 4) is 0 Å². The largest absolute Gasteiger partial charge is 0.218 e. The third-order valence-electron chi connectivity index (χ3n) is 6.86. The van der Waals surface area contributed by atoms with Gasteiger partial charge in [-0.2, -0.15) is 13.8 Å². The van der Waals surface area contributed by atoms with Crippen LogP contribution in [-0.2, 0) is 6.42 Å². The summed E-state index contributed by atoms with van der Waals surface area (Å²) in [6, 6.07) is 2.82. The number of nitrogens with zero attached hydrogens (tertiary/aromatic N) is 1. The Morgan fingerprint density at radius 3 is 1.92 bits per heavy atom. The van der Waals surface area contributed by atoms with Gasteiger partial charge in [-0.3, -0.25) is 0 Å². The second-order valence-corrected chi connectivity index (χ2v) is 8.47. The highest BCUT2D eigenvalue weighted by molar-refractivity contribution is 5.11. The van der Waals surface area contributed by atoms with Crippen molar-refractivity contribution < 1.29 is 8.78 Å². The van der Waals surface area contributed by atoms with E-state index < -0.39 is 11.9 Å². The zero-order valence-corrected chi connectivity index (χ0v) is 15.7. The third-order valence-corrected chi connectivity index (χ3v) is 6.86. The van der Waals surface area contributed by atoms with Gasteiger partial charge in [0.1, 0.15) is 0 Å². The second kappa shape index (κ2) is 9.09. The van der Waals surface area contributed by atoms with Crippen molar-refractivity contribution in [3.05, 3.63) is 29.6 Å². The molecule has 0 unspecified atom stereocenters. The van der Waals surface area contributed by atoms with Gasteiger partial charge in [-0.25, -0.2) is 0 Å². The van der Waals surface area contributed by atoms with E-state index in [9.17, 15) is 8.78 Å². The van der Waals surface area contributed by atoms with Crippen LogP contribution in [0.3, 0.4) is 0 Å². The van der Waals surface area contributed by atoms with Crippen molar-refractivity contribution in [1.82, 2.24) is 4.98 Å². The molecule has 2 aliphatic carbocycles. The molecule has 2 fully saturated rings. The van der Waals surface area contributed by atoms with Gasteiger partial charge >= 0.3 is 0 Å². The van der Waals surface area contributed by atoms with E-state index in [4.69, 9.17) is 0 Å². The van der Waals surface area contributed by atoms with Crippen molar-refractivity contribution in [2.45, 2.75) is 84.0 Å². The van der Waals surface area contributed by atoms with Gasteiger partial charge in [0.05, 0.1) is 0 Å². The molecule has 1 heterocycles. The quantitative estimate of drug-likeness (QED) is 0.520. The Hall–Kier alpha value is -0.990. The molecule has 0 atom stereocenters. The lowest BCUT2D eigenvalue weighted by Gasteiger charge is -2.38. The Balaban J connectivity index is 1.39. The molecule has 3 rings (SSSR count). The third kappa shape index (κ3) is 5.24. The van der Waals surface area contributed by atoms with Crippen LogP contribution in [0.2, 0.25) is 0 Å². The molecule has 140 valence electrons. The van der Waals surface area contributed by atoms with Crippen molar-refractivity contribution >= 4 is 0 Å². The van der Waals surface area contributed by atoms with E-state index in [1.54, 1.807) is 6.07 Å². The van der Waals surface area contributed by atoms with Crippen LogP contribution in [0.25, 0.3) is 0 Å². The Kier molecular flexibility index (Phi) is 6.84. The van der Waals surface area contributed by atoms with Crippen LogP contribution in [0.4, 0.5) is 8.78 Å². The summed E-state index contributed by atoms with van der Waals surface area (Å²) in [6.07, 6.45) is 15.6. The zero-order valence-electron chi connectivity index (χ0n) is 15.7. The summed E-state index contributed by atoms with van der Waals surface area (Å²) in [5.41, 5.74) is 0.567. The average molecular weight is 350 g/mol. The first-order chi connectivity index (χ1) is 12.2. The maximum atomic E-state index is 13.6. The van der Waals surface area contributed by atoms with Crippen molar-refractivity contribution in [2.24, 2.45) is 23.7 Å². The molecular weight excluding hydrogens is 316 g/mol. The fraction of sp³-hybridized carbons (Fsp3) is 0.773. The second-order valence-electron chi connectivity index (χ2n) is 8.47. The van der Waals surface area contributed by atoms with E-state index >= 15 is 0 Å². The molecule has 0 aliphatic heterocycles. The zero-order chi connectivity index (χ0) is 17.6. The molecule has 3 heteroatoms. The van der Waals surface area contributed by atoms with Crippen LogP contribution in [0.5, 0.6) is 0 Å². The minimum atomic E-state index is -0.726. The summed E-state index contributed by atoms with van der Waals surface area (Å²) in [5.74, 6) is 2.25. The van der Waals surface area contributed by atoms with Gasteiger partial charge in [0.15, 0.2) is 0 Å². The van der Waals surface area contributed by atoms with E-state index in [0.717, 1.165) is 24.2 Å². The summed E-state index contributed by atoms with van der Waals surface area (Å²) >= 11 is 0. The molecule has 2 aliphatic rings. The lowest BCUT2D eigenvalue weighted by atomic mass is 9.68. The van der Waals surface area contributed by atoms with Gasteiger partial charge in [0, 0.05) is 5.56 Å². The predicted molar refractivity (Wildman–Crippen MR) is 98.3 cm³/mol. The van der Waals surface area contributed by atoms with Crippen LogP contribution >= 0.6 is 0 Å². The molecule has 0 amide bonds. The maximum absolute atomic E-state index is 13.6. The molecule has 0 radical (unpaired) electrons. The first-order valence-electron chi connectivity index (χ1n) is 10.5. The molecule has 2 saturated carbocycles. The number of hydrogen-bond donors (Lipinski definition) is 0. The molecule has 1 aromatic rings. The van der Waals surface area contributed by atoms with E-state index in [1.165, 1.54) is 70.3 Å². The number of rotatable bonds is 6. The number of halogens is 2. The standard InChI is InChI=1S/C22H33F2N/c1-2-3-16-4-9-18(10-5-16)19-11-6-17(7-12-19)8-13-20-14-15-21(23)25-22(20)24/h14-19H,2-13H2,1H3/t16-,17-,18-,19-. The summed E-state index contributed by atoms with van der Waals surface area (Å²) in [6.45, 7) is 2.31. The maximum Gasteiger partial charge on any atom is 0.218 e. The summed E-state index contributed by atoms with van der Waals surface area (Å²) in [7, 11) is 0. The Morgan fingerprint density at radius 2 is 1.40 bits per heavy atom. The minimum absolute atomic E-state index is 0.567. The van der Waals surface area contributed by atoms with Crippen molar-refractivity contribution in [2.75, 3.05) is 0 Å². The predicted octanol–water partition coefficient (Wildman–Crippen LogP) is 6.71. The van der Waals surface area contributed by atoms with Crippen LogP contribution in [0.1, 0.15) is 83.1 Å². The van der Waals surface area contributed by atoms with Crippen LogP contribution in [-0.4, -0.2) is 4.98 Å². The lowest BCUT2D eigenvalue weighted by Crippen LogP contribution is -2.26. The fourth-order valence-electron chi connectivity index (χ4n) is 5.29. The van der Waals surface area contributed by atoms with Crippen LogP contribution in [0, 0.1) is 35.6 Å². The van der Waals surface area contributed by atoms with E-state index in [1.807, 2.05) is 0 Å². The van der Waals surface area contributed by atoms with Gasteiger partial charge in [-0.05, 0) is 74.3 Å². The van der Waals surface area contributed by atoms with Gasteiger partial charge in [-0.15, -0.1) is 0 Å². The summed E-state index contributed by atoms with van der Waals surface area (Å²) in [4.78, 5) is 3.30. The smallest absolute Gasteiger partial charge is 0.190 e. The first-order valence-corrected chi connectivity index (χ1v) is 10.5. The molecule has 0 spiro atoms. The van der Waals surface area contributed by atoms with E-state index in [0.29, 0.717) is 17.9 Å². The highest BCUT2D eigenvalue weighted by Crippen LogP contribution is 2.42. The first kappa shape index (κ1) is 18.8. The number of aryl methyl sites for hydroxylation is 1. The molecule has 1 nitrogen and oxygen atoms in total. The van der Waals surface area contributed by atoms with Gasteiger partial charge in [0.2, 0.25) is 11.9 Å². The molecule has 0 N–H and O–H groups in total. The van der Waals surface area contributed by atoms with Crippen molar-refractivity contribution in [3.63, 3.8) is 0 Å². The lowest BCUT2D eigenvalue weighted by molar-refractivity contribution is 0.141. The number of aromatic nitrogens is 1. The fourth-order valence-corrected chi connectivity index (χ4v) is 5.29. The average Bonchev–Trinajstić information content (AvgIpc) is 2.62. The van der Waals surface area contributed by atoms with Crippen LogP contribution in [0.15, 0.2) is 12.1 Å². The SMILES string of the molecule is CCC[C@H]1CC[C@H]([C@H]2CC[C@H](CCc3ccc(F)nc3F)CC2)CC1. The van der Waals surface area contributed by atoms with Gasteiger partial charge in [0.25, 0.3) is 0 Å². The molecule has 0 aromatic carbocycles. The molecule has 25 heavy (non-hydrogen) atoms. The Morgan fingerprint density at radius 1 is 0.840 bits per heavy atom. The molecule has 0 saturated heterocycles. The van der Waals surface area contributed by atoms with E-state index in [2.05, 4.69) is 11.9 Å². The van der Waals surface area contributed by atoms with Gasteiger partial charge in [-0.1, -0.05) is 45.4 Å². The highest BCUT2D eigenvalue weighted by Gasteiger charge is 2.30. The van der Waals surface area contributed by atoms with Gasteiger partial charge < -0.3 is 0 Å². The molecule has 0 bridgehead atoms. The minimum Gasteiger partial charge on any atom is -0.190 e. The summed E-state index contributed by atoms with van der Waals surface area (Å²) < 4.78 is 26.5. The molecular formula is C22H33F2N. The monoisotopic (exact) mass is 349 g/mol. The highest BCUT2D eigenvalue weighted by atomic mass is 19.1. The van der Waals surface area contributed by atoms with E-state index in [-0.39, 0.29) is 0 Å². The number of pyridine rings is 1. The van der Waals surface area contributed by atoms with Crippen LogP contribution < -0.4 is 0 Å². The van der Waals surface area contributed by atoms with Crippen molar-refractivity contribution in [1.29, 1.82) is 0 Å².